The van der Waals surface area contributed by atoms with Crippen LogP contribution < -0.4 is 5.73 Å². The van der Waals surface area contributed by atoms with E-state index in [1.165, 1.54) is 0 Å². The number of aryl methyl sites for hydroxylation is 1. The summed E-state index contributed by atoms with van der Waals surface area (Å²) in [4.78, 5) is 14.3. The Bertz CT molecular complexity index is 421. The molecule has 0 aliphatic carbocycles. The molecule has 1 aromatic rings. The largest absolute Gasteiger partial charge is 0.333 e. The Morgan fingerprint density at radius 2 is 2.37 bits per heavy atom. The van der Waals surface area contributed by atoms with Gasteiger partial charge in [0.05, 0.1) is 0 Å². The van der Waals surface area contributed by atoms with Gasteiger partial charge in [-0.15, -0.1) is 12.4 Å². The Morgan fingerprint density at radius 1 is 1.63 bits per heavy atom. The van der Waals surface area contributed by atoms with Gasteiger partial charge in [-0.05, 0) is 31.2 Å². The molecular formula is C13H23ClN4O. The van der Waals surface area contributed by atoms with Crippen molar-refractivity contribution in [1.82, 2.24) is 15.1 Å². The van der Waals surface area contributed by atoms with Crippen molar-refractivity contribution in [2.45, 2.75) is 39.2 Å². The normalized spacial score (nSPS) is 23.0. The molecule has 3 N–H and O–H groups in total. The lowest BCUT2D eigenvalue weighted by Gasteiger charge is -2.37. The summed E-state index contributed by atoms with van der Waals surface area (Å²) in [6.45, 7) is 5.57. The maximum absolute atomic E-state index is 12.4. The molecular weight excluding hydrogens is 264 g/mol. The van der Waals surface area contributed by atoms with Gasteiger partial charge >= 0.3 is 0 Å². The molecule has 19 heavy (non-hydrogen) atoms. The maximum atomic E-state index is 12.4. The minimum Gasteiger partial charge on any atom is -0.333 e. The van der Waals surface area contributed by atoms with Crippen LogP contribution in [0.5, 0.6) is 0 Å². The first-order valence-electron chi connectivity index (χ1n) is 6.71. The van der Waals surface area contributed by atoms with E-state index in [0.717, 1.165) is 31.5 Å². The van der Waals surface area contributed by atoms with Gasteiger partial charge in [0.2, 0.25) is 0 Å². The third kappa shape index (κ3) is 3.48. The summed E-state index contributed by atoms with van der Waals surface area (Å²) in [5.41, 5.74) is 7.29. The van der Waals surface area contributed by atoms with E-state index >= 15 is 0 Å². The molecule has 0 spiro atoms. The number of nitrogens with one attached hydrogen (secondary N) is 1. The second kappa shape index (κ2) is 6.91. The Hall–Kier alpha value is -1.07. The fourth-order valence-electron chi connectivity index (χ4n) is 2.54. The number of aromatic nitrogens is 2. The van der Waals surface area contributed by atoms with Gasteiger partial charge in [0.15, 0.2) is 0 Å². The van der Waals surface area contributed by atoms with Gasteiger partial charge < -0.3 is 10.6 Å². The summed E-state index contributed by atoms with van der Waals surface area (Å²) < 4.78 is 0. The van der Waals surface area contributed by atoms with Crippen LogP contribution in [0.1, 0.15) is 42.9 Å². The summed E-state index contributed by atoms with van der Waals surface area (Å²) in [7, 11) is 0. The number of nitrogens with two attached hydrogens (primary N) is 1. The number of nitrogens with zero attached hydrogens (tertiary/aromatic N) is 2. The number of hydrogen-bond donors (Lipinski definition) is 2. The molecule has 1 aromatic heterocycles. The van der Waals surface area contributed by atoms with Crippen LogP contribution in [0.4, 0.5) is 0 Å². The van der Waals surface area contributed by atoms with Gasteiger partial charge in [0.1, 0.15) is 5.69 Å². The van der Waals surface area contributed by atoms with Gasteiger partial charge in [-0.2, -0.15) is 5.10 Å². The highest BCUT2D eigenvalue weighted by Crippen LogP contribution is 2.23. The molecule has 6 heteroatoms. The molecule has 0 saturated carbocycles. The number of carbonyl (C=O) groups excluding carboxylic acids is 1. The molecule has 0 aromatic carbocycles. The van der Waals surface area contributed by atoms with E-state index in [4.69, 9.17) is 5.73 Å². The Kier molecular flexibility index (Phi) is 5.82. The van der Waals surface area contributed by atoms with Crippen molar-refractivity contribution in [2.24, 2.45) is 11.7 Å². The lowest BCUT2D eigenvalue weighted by Crippen LogP contribution is -2.49. The van der Waals surface area contributed by atoms with E-state index < -0.39 is 0 Å². The quantitative estimate of drug-likeness (QED) is 0.886. The third-order valence-electron chi connectivity index (χ3n) is 3.74. The zero-order chi connectivity index (χ0) is 13.1. The van der Waals surface area contributed by atoms with Crippen LogP contribution >= 0.6 is 12.4 Å². The van der Waals surface area contributed by atoms with Crippen LogP contribution in [0.2, 0.25) is 0 Å². The molecule has 2 atom stereocenters. The van der Waals surface area contributed by atoms with Crippen LogP contribution in [-0.2, 0) is 6.42 Å². The molecule has 5 nitrogen and oxygen atoms in total. The lowest BCUT2D eigenvalue weighted by atomic mass is 9.92. The van der Waals surface area contributed by atoms with Crippen molar-refractivity contribution >= 4 is 18.3 Å². The number of halogens is 1. The van der Waals surface area contributed by atoms with Gasteiger partial charge in [0, 0.05) is 24.8 Å². The van der Waals surface area contributed by atoms with Crippen molar-refractivity contribution in [3.05, 3.63) is 17.5 Å². The fraction of sp³-hybridized carbons (Fsp3) is 0.692. The molecule has 1 aliphatic heterocycles. The number of amides is 1. The van der Waals surface area contributed by atoms with E-state index in [0.29, 0.717) is 18.2 Å². The second-order valence-corrected chi connectivity index (χ2v) is 5.15. The molecule has 0 bridgehead atoms. The van der Waals surface area contributed by atoms with Crippen molar-refractivity contribution in [3.63, 3.8) is 0 Å². The highest BCUT2D eigenvalue weighted by atomic mass is 35.5. The maximum Gasteiger partial charge on any atom is 0.274 e. The Morgan fingerprint density at radius 3 is 2.95 bits per heavy atom. The van der Waals surface area contributed by atoms with E-state index in [1.807, 2.05) is 17.9 Å². The van der Waals surface area contributed by atoms with Crippen molar-refractivity contribution < 1.29 is 4.79 Å². The number of rotatable bonds is 3. The van der Waals surface area contributed by atoms with Crippen LogP contribution in [0.25, 0.3) is 0 Å². The minimum absolute atomic E-state index is 0. The summed E-state index contributed by atoms with van der Waals surface area (Å²) in [5.74, 6) is 0.654. The average Bonchev–Trinajstić information content (AvgIpc) is 2.86. The van der Waals surface area contributed by atoms with E-state index in [2.05, 4.69) is 17.1 Å². The average molecular weight is 287 g/mol. The molecule has 0 radical (unpaired) electrons. The lowest BCUT2D eigenvalue weighted by molar-refractivity contribution is 0.0567. The summed E-state index contributed by atoms with van der Waals surface area (Å²) >= 11 is 0. The van der Waals surface area contributed by atoms with Crippen LogP contribution in [0, 0.1) is 5.92 Å². The zero-order valence-corrected chi connectivity index (χ0v) is 12.4. The number of carbonyl (C=O) groups is 1. The molecule has 1 aliphatic rings. The number of hydrogen-bond acceptors (Lipinski definition) is 3. The summed E-state index contributed by atoms with van der Waals surface area (Å²) in [5, 5.41) is 6.98. The number of H-pyrrole nitrogens is 1. The van der Waals surface area contributed by atoms with Crippen LogP contribution in [0.3, 0.4) is 0 Å². The van der Waals surface area contributed by atoms with Crippen molar-refractivity contribution in [3.8, 4) is 0 Å². The summed E-state index contributed by atoms with van der Waals surface area (Å²) in [6.07, 6.45) is 2.90. The van der Waals surface area contributed by atoms with Gasteiger partial charge in [-0.25, -0.2) is 0 Å². The molecule has 2 rings (SSSR count). The predicted molar refractivity (Wildman–Crippen MR) is 77.5 cm³/mol. The van der Waals surface area contributed by atoms with Crippen molar-refractivity contribution in [1.29, 1.82) is 0 Å². The Labute approximate surface area is 120 Å². The minimum atomic E-state index is 0. The molecule has 1 amide bonds. The number of piperidine rings is 1. The SMILES string of the molecule is CCc1cc(C(=O)N2CCC(C)CC2CN)n[nH]1.Cl. The van der Waals surface area contributed by atoms with Crippen LogP contribution in [0.15, 0.2) is 6.07 Å². The molecule has 108 valence electrons. The molecule has 2 unspecified atom stereocenters. The number of aromatic amines is 1. The topological polar surface area (TPSA) is 75.0 Å². The highest BCUT2D eigenvalue weighted by molar-refractivity contribution is 5.92. The highest BCUT2D eigenvalue weighted by Gasteiger charge is 2.30. The first-order valence-corrected chi connectivity index (χ1v) is 6.71. The molecule has 2 heterocycles. The Balaban J connectivity index is 0.00000180. The van der Waals surface area contributed by atoms with Crippen molar-refractivity contribution in [2.75, 3.05) is 13.1 Å². The summed E-state index contributed by atoms with van der Waals surface area (Å²) in [6, 6.07) is 2.00. The molecule has 1 saturated heterocycles. The van der Waals surface area contributed by atoms with Crippen LogP contribution in [-0.4, -0.2) is 40.1 Å². The first-order chi connectivity index (χ1) is 8.65. The zero-order valence-electron chi connectivity index (χ0n) is 11.6. The van der Waals surface area contributed by atoms with E-state index in [9.17, 15) is 4.79 Å². The van der Waals surface area contributed by atoms with E-state index in [1.54, 1.807) is 0 Å². The van der Waals surface area contributed by atoms with Gasteiger partial charge in [-0.1, -0.05) is 13.8 Å². The standard InChI is InChI=1S/C13H22N4O.ClH/c1-3-10-7-12(16-15-10)13(18)17-5-4-9(2)6-11(17)8-14;/h7,9,11H,3-6,8,14H2,1-2H3,(H,15,16);1H. The second-order valence-electron chi connectivity index (χ2n) is 5.15. The first kappa shape index (κ1) is 16.0. The number of likely N-dealkylation sites (tertiary alicyclic amines) is 1. The smallest absolute Gasteiger partial charge is 0.274 e. The molecule has 1 fully saturated rings. The van der Waals surface area contributed by atoms with E-state index in [-0.39, 0.29) is 24.4 Å². The van der Waals surface area contributed by atoms with Gasteiger partial charge in [-0.3, -0.25) is 9.89 Å². The third-order valence-corrected chi connectivity index (χ3v) is 3.74. The van der Waals surface area contributed by atoms with Gasteiger partial charge in [0.25, 0.3) is 5.91 Å². The monoisotopic (exact) mass is 286 g/mol. The fourth-order valence-corrected chi connectivity index (χ4v) is 2.54. The predicted octanol–water partition coefficient (Wildman–Crippen LogP) is 1.59.